The number of morpholine rings is 1. The van der Waals surface area contributed by atoms with Gasteiger partial charge in [0.25, 0.3) is 0 Å². The molecule has 4 heterocycles. The van der Waals surface area contributed by atoms with Gasteiger partial charge < -0.3 is 14.1 Å². The molecule has 9 nitrogen and oxygen atoms in total. The number of oxazole rings is 1. The highest BCUT2D eigenvalue weighted by atomic mass is 19.2. The van der Waals surface area contributed by atoms with Crippen LogP contribution in [0.15, 0.2) is 16.7 Å². The number of ether oxygens (including phenoxy) is 1. The van der Waals surface area contributed by atoms with Gasteiger partial charge in [-0.2, -0.15) is 0 Å². The van der Waals surface area contributed by atoms with Gasteiger partial charge in [0, 0.05) is 19.9 Å². The van der Waals surface area contributed by atoms with Crippen LogP contribution in [-0.4, -0.2) is 47.6 Å². The van der Waals surface area contributed by atoms with Crippen LogP contribution in [0.3, 0.4) is 0 Å². The molecule has 11 heteroatoms. The summed E-state index contributed by atoms with van der Waals surface area (Å²) in [6.45, 7) is 5.12. The number of anilines is 1. The Balaban J connectivity index is 1.75. The number of imide groups is 2. The van der Waals surface area contributed by atoms with Crippen molar-refractivity contribution in [1.82, 2.24) is 15.6 Å². The van der Waals surface area contributed by atoms with Crippen LogP contribution in [0.1, 0.15) is 25.3 Å². The number of aryl methyl sites for hydroxylation is 1. The molecular formula is C21H20F2N4O5. The van der Waals surface area contributed by atoms with E-state index in [1.54, 1.807) is 20.8 Å². The number of halogens is 2. The van der Waals surface area contributed by atoms with E-state index in [9.17, 15) is 14.4 Å². The van der Waals surface area contributed by atoms with Crippen LogP contribution in [0, 0.1) is 24.0 Å². The molecule has 4 amide bonds. The Kier molecular flexibility index (Phi) is 4.39. The molecule has 0 bridgehead atoms. The maximum absolute atomic E-state index is 15.5. The molecule has 5 rings (SSSR count). The number of hydrogen-bond acceptors (Lipinski definition) is 7. The van der Waals surface area contributed by atoms with Gasteiger partial charge in [0.05, 0.1) is 35.7 Å². The Hall–Kier alpha value is -3.34. The maximum atomic E-state index is 15.5. The fraction of sp³-hybridized carbons (Fsp3) is 0.429. The van der Waals surface area contributed by atoms with Crippen molar-refractivity contribution >= 4 is 23.5 Å². The molecule has 0 radical (unpaired) electrons. The summed E-state index contributed by atoms with van der Waals surface area (Å²) in [5.74, 6) is -3.55. The highest BCUT2D eigenvalue weighted by Gasteiger charge is 2.63. The molecule has 0 aliphatic carbocycles. The van der Waals surface area contributed by atoms with Gasteiger partial charge in [-0.05, 0) is 25.5 Å². The molecule has 32 heavy (non-hydrogen) atoms. The third kappa shape index (κ3) is 2.70. The highest BCUT2D eigenvalue weighted by molar-refractivity contribution is 6.20. The second-order valence-electron chi connectivity index (χ2n) is 8.44. The van der Waals surface area contributed by atoms with Crippen molar-refractivity contribution in [3.63, 3.8) is 0 Å². The monoisotopic (exact) mass is 446 g/mol. The second-order valence-corrected chi connectivity index (χ2v) is 8.44. The van der Waals surface area contributed by atoms with Crippen LogP contribution >= 0.6 is 0 Å². The molecule has 0 saturated carbocycles. The number of amides is 4. The van der Waals surface area contributed by atoms with Gasteiger partial charge in [-0.25, -0.2) is 18.6 Å². The summed E-state index contributed by atoms with van der Waals surface area (Å²) in [5, 5.41) is 4.31. The molecular weight excluding hydrogens is 426 g/mol. The number of hydrogen-bond donors (Lipinski definition) is 2. The largest absolute Gasteiger partial charge is 0.441 e. The van der Waals surface area contributed by atoms with Crippen LogP contribution in [-0.2, 0) is 20.7 Å². The van der Waals surface area contributed by atoms with Crippen molar-refractivity contribution in [3.8, 4) is 11.3 Å². The normalized spacial score (nSPS) is 26.5. The summed E-state index contributed by atoms with van der Waals surface area (Å²) in [6.07, 6.45) is -0.0397. The van der Waals surface area contributed by atoms with Crippen LogP contribution in [0.4, 0.5) is 19.3 Å². The number of carbonyl (C=O) groups excluding carboxylic acids is 3. The maximum Gasteiger partial charge on any atom is 0.328 e. The summed E-state index contributed by atoms with van der Waals surface area (Å²) < 4.78 is 41.9. The molecule has 1 aromatic heterocycles. The van der Waals surface area contributed by atoms with Crippen molar-refractivity contribution < 1.29 is 32.3 Å². The number of nitrogens with one attached hydrogen (secondary N) is 2. The molecule has 3 aliphatic rings. The summed E-state index contributed by atoms with van der Waals surface area (Å²) in [6, 6.07) is -0.511. The summed E-state index contributed by atoms with van der Waals surface area (Å²) >= 11 is 0. The first-order chi connectivity index (χ1) is 15.1. The number of fused-ring (bicyclic) bond motifs is 4. The van der Waals surface area contributed by atoms with Gasteiger partial charge in [-0.1, -0.05) is 0 Å². The minimum Gasteiger partial charge on any atom is -0.441 e. The number of nitrogens with zero attached hydrogens (tertiary/aromatic N) is 2. The minimum atomic E-state index is -1.78. The van der Waals surface area contributed by atoms with E-state index in [-0.39, 0.29) is 47.5 Å². The molecule has 168 valence electrons. The first-order valence-corrected chi connectivity index (χ1v) is 10.2. The highest BCUT2D eigenvalue weighted by Crippen LogP contribution is 2.49. The number of aromatic nitrogens is 1. The average Bonchev–Trinajstić information content (AvgIpc) is 3.14. The number of urea groups is 1. The number of barbiturate groups is 1. The van der Waals surface area contributed by atoms with Crippen molar-refractivity contribution in [3.05, 3.63) is 35.4 Å². The van der Waals surface area contributed by atoms with Crippen LogP contribution in [0.25, 0.3) is 11.3 Å². The van der Waals surface area contributed by atoms with Crippen LogP contribution in [0.5, 0.6) is 0 Å². The number of rotatable bonds is 1. The molecule has 2 fully saturated rings. The zero-order chi connectivity index (χ0) is 22.9. The van der Waals surface area contributed by atoms with Gasteiger partial charge in [0.1, 0.15) is 0 Å². The molecule has 2 N–H and O–H groups in total. The van der Waals surface area contributed by atoms with E-state index in [0.29, 0.717) is 0 Å². The van der Waals surface area contributed by atoms with Gasteiger partial charge in [-0.3, -0.25) is 20.2 Å². The van der Waals surface area contributed by atoms with Gasteiger partial charge >= 0.3 is 6.03 Å². The Morgan fingerprint density at radius 3 is 2.47 bits per heavy atom. The number of carbonyl (C=O) groups is 3. The quantitative estimate of drug-likeness (QED) is 0.643. The standard InChI is InChI=1S/C21H20F2N4O5/c1-8-7-27-16-11(4-12(14(22)15(16)23)13-6-24-10(3)32-13)5-21(17(27)9(2)31-8)18(28)25-20(30)26-19(21)29/h4,6,8-9,17H,5,7H2,1-3H3,(H2,25,26,28,29,30). The molecule has 1 spiro atoms. The zero-order valence-electron chi connectivity index (χ0n) is 17.5. The van der Waals surface area contributed by atoms with Crippen molar-refractivity contribution in [2.45, 2.75) is 45.4 Å². The summed E-state index contributed by atoms with van der Waals surface area (Å²) in [4.78, 5) is 43.4. The fourth-order valence-electron chi connectivity index (χ4n) is 5.20. The van der Waals surface area contributed by atoms with Crippen molar-refractivity contribution in [2.24, 2.45) is 5.41 Å². The molecule has 1 aromatic carbocycles. The van der Waals surface area contributed by atoms with Crippen molar-refractivity contribution in [1.29, 1.82) is 0 Å². The third-order valence-corrected chi connectivity index (χ3v) is 6.35. The average molecular weight is 446 g/mol. The van der Waals surface area contributed by atoms with E-state index in [1.807, 2.05) is 0 Å². The molecule has 3 unspecified atom stereocenters. The van der Waals surface area contributed by atoms with Crippen LogP contribution in [0.2, 0.25) is 0 Å². The number of benzene rings is 1. The van der Waals surface area contributed by atoms with Crippen LogP contribution < -0.4 is 15.5 Å². The van der Waals surface area contributed by atoms with Crippen molar-refractivity contribution in [2.75, 3.05) is 11.4 Å². The van der Waals surface area contributed by atoms with E-state index >= 15 is 8.78 Å². The molecule has 3 atom stereocenters. The Morgan fingerprint density at radius 1 is 1.16 bits per heavy atom. The van der Waals surface area contributed by atoms with E-state index in [0.717, 1.165) is 0 Å². The lowest BCUT2D eigenvalue weighted by atomic mass is 9.66. The first-order valence-electron chi connectivity index (χ1n) is 10.2. The Labute approximate surface area is 181 Å². The van der Waals surface area contributed by atoms with Gasteiger partial charge in [0.15, 0.2) is 28.7 Å². The predicted octanol–water partition coefficient (Wildman–Crippen LogP) is 1.82. The minimum absolute atomic E-state index is 0.0225. The Bertz CT molecular complexity index is 1160. The lowest BCUT2D eigenvalue weighted by Crippen LogP contribution is -2.75. The summed E-state index contributed by atoms with van der Waals surface area (Å²) in [7, 11) is 0. The molecule has 2 aromatic rings. The van der Waals surface area contributed by atoms with E-state index in [1.165, 1.54) is 17.2 Å². The summed E-state index contributed by atoms with van der Waals surface area (Å²) in [5.41, 5.74) is -1.74. The molecule has 3 aliphatic heterocycles. The smallest absolute Gasteiger partial charge is 0.328 e. The van der Waals surface area contributed by atoms with E-state index in [4.69, 9.17) is 9.15 Å². The lowest BCUT2D eigenvalue weighted by Gasteiger charge is -2.55. The second kappa shape index (κ2) is 6.83. The lowest BCUT2D eigenvalue weighted by molar-refractivity contribution is -0.153. The van der Waals surface area contributed by atoms with Gasteiger partial charge in [-0.15, -0.1) is 0 Å². The topological polar surface area (TPSA) is 114 Å². The molecule has 2 saturated heterocycles. The fourth-order valence-corrected chi connectivity index (χ4v) is 5.20. The zero-order valence-corrected chi connectivity index (χ0v) is 17.5. The first kappa shape index (κ1) is 20.6. The van der Waals surface area contributed by atoms with E-state index < -0.39 is 47.0 Å². The van der Waals surface area contributed by atoms with E-state index in [2.05, 4.69) is 15.6 Å². The predicted molar refractivity (Wildman–Crippen MR) is 106 cm³/mol. The van der Waals surface area contributed by atoms with Gasteiger partial charge in [0.2, 0.25) is 11.8 Å². The third-order valence-electron chi connectivity index (χ3n) is 6.35. The Morgan fingerprint density at radius 2 is 1.84 bits per heavy atom. The SMILES string of the molecule is Cc1ncc(-c2cc3c(c(F)c2F)N2CC(C)OC(C)C2C2(C3)C(=O)NC(=O)NC2=O)o1.